The first-order valence-electron chi connectivity index (χ1n) is 8.77. The van der Waals surface area contributed by atoms with Gasteiger partial charge in [0, 0.05) is 32.4 Å². The fourth-order valence-corrected chi connectivity index (χ4v) is 3.48. The maximum absolute atomic E-state index is 9.31. The van der Waals surface area contributed by atoms with Crippen LogP contribution in [0, 0.1) is 19.8 Å². The van der Waals surface area contributed by atoms with Crippen LogP contribution in [-0.4, -0.2) is 29.8 Å². The Morgan fingerprint density at radius 1 is 1.17 bits per heavy atom. The highest BCUT2D eigenvalue weighted by molar-refractivity contribution is 5.65. The van der Waals surface area contributed by atoms with Gasteiger partial charge in [-0.3, -0.25) is 0 Å². The maximum Gasteiger partial charge on any atom is 0.151 e. The summed E-state index contributed by atoms with van der Waals surface area (Å²) in [4.78, 5) is 6.93. The number of benzene rings is 1. The van der Waals surface area contributed by atoms with Gasteiger partial charge in [-0.15, -0.1) is 0 Å². The Bertz CT molecular complexity index is 658. The van der Waals surface area contributed by atoms with Gasteiger partial charge in [-0.1, -0.05) is 29.3 Å². The van der Waals surface area contributed by atoms with Crippen molar-refractivity contribution in [3.05, 3.63) is 53.2 Å². The first-order chi connectivity index (χ1) is 11.7. The molecule has 2 N–H and O–H groups in total. The molecule has 1 aliphatic heterocycles. The average Bonchev–Trinajstić information content (AvgIpc) is 2.59. The SMILES string of the molecule is Cc1cc(C)cc(CNc2cccnc2N2CCC(CO)CC2)c1. The van der Waals surface area contributed by atoms with Gasteiger partial charge in [0.2, 0.25) is 0 Å². The molecule has 128 valence electrons. The van der Waals surface area contributed by atoms with Crippen LogP contribution in [0.5, 0.6) is 0 Å². The summed E-state index contributed by atoms with van der Waals surface area (Å²) in [6, 6.07) is 10.7. The molecule has 2 heterocycles. The summed E-state index contributed by atoms with van der Waals surface area (Å²) >= 11 is 0. The molecule has 0 aliphatic carbocycles. The van der Waals surface area contributed by atoms with E-state index in [4.69, 9.17) is 0 Å². The molecular formula is C20H27N3O. The normalized spacial score (nSPS) is 15.5. The Morgan fingerprint density at radius 2 is 1.88 bits per heavy atom. The third-order valence-corrected chi connectivity index (χ3v) is 4.72. The van der Waals surface area contributed by atoms with Crippen LogP contribution in [0.3, 0.4) is 0 Å². The summed E-state index contributed by atoms with van der Waals surface area (Å²) < 4.78 is 0. The second-order valence-electron chi connectivity index (χ2n) is 6.84. The van der Waals surface area contributed by atoms with E-state index in [2.05, 4.69) is 53.3 Å². The van der Waals surface area contributed by atoms with Crippen LogP contribution in [0.25, 0.3) is 0 Å². The first-order valence-corrected chi connectivity index (χ1v) is 8.77. The van der Waals surface area contributed by atoms with Gasteiger partial charge in [0.1, 0.15) is 0 Å². The average molecular weight is 325 g/mol. The monoisotopic (exact) mass is 325 g/mol. The minimum Gasteiger partial charge on any atom is -0.396 e. The summed E-state index contributed by atoms with van der Waals surface area (Å²) in [5.74, 6) is 1.47. The molecule has 0 unspecified atom stereocenters. The highest BCUT2D eigenvalue weighted by Gasteiger charge is 2.21. The van der Waals surface area contributed by atoms with Gasteiger partial charge in [-0.25, -0.2) is 4.98 Å². The van der Waals surface area contributed by atoms with E-state index in [-0.39, 0.29) is 0 Å². The van der Waals surface area contributed by atoms with Gasteiger partial charge in [-0.05, 0) is 50.3 Å². The van der Waals surface area contributed by atoms with Crippen molar-refractivity contribution >= 4 is 11.5 Å². The van der Waals surface area contributed by atoms with Crippen LogP contribution in [0.1, 0.15) is 29.5 Å². The number of aryl methyl sites for hydroxylation is 2. The number of aliphatic hydroxyl groups is 1. The predicted octanol–water partition coefficient (Wildman–Crippen LogP) is 3.52. The lowest BCUT2D eigenvalue weighted by molar-refractivity contribution is 0.203. The maximum atomic E-state index is 9.31. The van der Waals surface area contributed by atoms with E-state index in [0.717, 1.165) is 44.0 Å². The number of rotatable bonds is 5. The van der Waals surface area contributed by atoms with Crippen LogP contribution in [0.2, 0.25) is 0 Å². The fourth-order valence-electron chi connectivity index (χ4n) is 3.48. The third-order valence-electron chi connectivity index (χ3n) is 4.72. The zero-order valence-electron chi connectivity index (χ0n) is 14.6. The Hall–Kier alpha value is -2.07. The van der Waals surface area contributed by atoms with Crippen LogP contribution in [-0.2, 0) is 6.54 Å². The molecule has 1 aliphatic rings. The van der Waals surface area contributed by atoms with Crippen LogP contribution < -0.4 is 10.2 Å². The van der Waals surface area contributed by atoms with E-state index in [0.29, 0.717) is 12.5 Å². The molecule has 2 aromatic rings. The van der Waals surface area contributed by atoms with Gasteiger partial charge in [0.05, 0.1) is 5.69 Å². The Balaban J connectivity index is 1.70. The summed E-state index contributed by atoms with van der Waals surface area (Å²) in [5, 5.41) is 12.9. The van der Waals surface area contributed by atoms with Gasteiger partial charge in [-0.2, -0.15) is 0 Å². The molecule has 0 amide bonds. The lowest BCUT2D eigenvalue weighted by Gasteiger charge is -2.33. The van der Waals surface area contributed by atoms with Gasteiger partial charge < -0.3 is 15.3 Å². The van der Waals surface area contributed by atoms with Gasteiger partial charge in [0.25, 0.3) is 0 Å². The number of nitrogens with zero attached hydrogens (tertiary/aromatic N) is 2. The highest BCUT2D eigenvalue weighted by atomic mass is 16.3. The highest BCUT2D eigenvalue weighted by Crippen LogP contribution is 2.28. The fraction of sp³-hybridized carbons (Fsp3) is 0.450. The van der Waals surface area contributed by atoms with Crippen molar-refractivity contribution in [2.24, 2.45) is 5.92 Å². The molecule has 1 aromatic carbocycles. The summed E-state index contributed by atoms with van der Waals surface area (Å²) in [6.45, 7) is 7.29. The molecule has 1 saturated heterocycles. The van der Waals surface area contributed by atoms with E-state index in [1.807, 2.05) is 12.3 Å². The molecule has 24 heavy (non-hydrogen) atoms. The Labute approximate surface area is 144 Å². The van der Waals surface area contributed by atoms with Crippen LogP contribution in [0.4, 0.5) is 11.5 Å². The topological polar surface area (TPSA) is 48.4 Å². The van der Waals surface area contributed by atoms with Crippen molar-refractivity contribution in [1.29, 1.82) is 0 Å². The number of aromatic nitrogens is 1. The molecule has 0 bridgehead atoms. The minimum absolute atomic E-state index is 0.299. The van der Waals surface area contributed by atoms with Crippen molar-refractivity contribution in [1.82, 2.24) is 4.98 Å². The Kier molecular flexibility index (Phi) is 5.36. The van der Waals surface area contributed by atoms with Crippen molar-refractivity contribution in [3.63, 3.8) is 0 Å². The molecule has 4 nitrogen and oxygen atoms in total. The molecule has 1 fully saturated rings. The smallest absolute Gasteiger partial charge is 0.151 e. The zero-order chi connectivity index (χ0) is 16.9. The standard InChI is InChI=1S/C20H27N3O/c1-15-10-16(2)12-18(11-15)13-22-19-4-3-7-21-20(19)23-8-5-17(14-24)6-9-23/h3-4,7,10-12,17,22,24H,5-6,8-9,13-14H2,1-2H3. The zero-order valence-corrected chi connectivity index (χ0v) is 14.6. The number of hydrogen-bond acceptors (Lipinski definition) is 4. The van der Waals surface area contributed by atoms with Gasteiger partial charge >= 0.3 is 0 Å². The third kappa shape index (κ3) is 4.06. The van der Waals surface area contributed by atoms with E-state index in [9.17, 15) is 5.11 Å². The van der Waals surface area contributed by atoms with Crippen molar-refractivity contribution in [2.75, 3.05) is 29.9 Å². The molecule has 0 spiro atoms. The second-order valence-corrected chi connectivity index (χ2v) is 6.84. The molecular weight excluding hydrogens is 298 g/mol. The lowest BCUT2D eigenvalue weighted by Crippen LogP contribution is -2.35. The lowest BCUT2D eigenvalue weighted by atomic mass is 9.98. The van der Waals surface area contributed by atoms with Crippen molar-refractivity contribution in [2.45, 2.75) is 33.2 Å². The molecule has 3 rings (SSSR count). The Morgan fingerprint density at radius 3 is 2.54 bits per heavy atom. The van der Waals surface area contributed by atoms with E-state index in [1.165, 1.54) is 16.7 Å². The summed E-state index contributed by atoms with van der Waals surface area (Å²) in [7, 11) is 0. The molecule has 4 heteroatoms. The van der Waals surface area contributed by atoms with Crippen LogP contribution >= 0.6 is 0 Å². The second kappa shape index (κ2) is 7.67. The van der Waals surface area contributed by atoms with Crippen molar-refractivity contribution in [3.8, 4) is 0 Å². The summed E-state index contributed by atoms with van der Waals surface area (Å²) in [5.41, 5.74) is 4.97. The molecule has 0 radical (unpaired) electrons. The molecule has 0 atom stereocenters. The minimum atomic E-state index is 0.299. The van der Waals surface area contributed by atoms with E-state index >= 15 is 0 Å². The molecule has 0 saturated carbocycles. The van der Waals surface area contributed by atoms with Crippen molar-refractivity contribution < 1.29 is 5.11 Å². The number of aliphatic hydroxyl groups excluding tert-OH is 1. The quantitative estimate of drug-likeness (QED) is 0.883. The van der Waals surface area contributed by atoms with E-state index < -0.39 is 0 Å². The van der Waals surface area contributed by atoms with E-state index in [1.54, 1.807) is 0 Å². The van der Waals surface area contributed by atoms with Crippen LogP contribution in [0.15, 0.2) is 36.5 Å². The predicted molar refractivity (Wildman–Crippen MR) is 99.5 cm³/mol. The number of piperidine rings is 1. The number of anilines is 2. The number of hydrogen-bond donors (Lipinski definition) is 2. The number of nitrogens with one attached hydrogen (secondary N) is 1. The number of pyridine rings is 1. The largest absolute Gasteiger partial charge is 0.396 e. The summed E-state index contributed by atoms with van der Waals surface area (Å²) in [6.07, 6.45) is 3.92. The molecule has 1 aromatic heterocycles. The first kappa shape index (κ1) is 16.8. The van der Waals surface area contributed by atoms with Gasteiger partial charge in [0.15, 0.2) is 5.82 Å².